The molecular formula is C16H20O3. The highest BCUT2D eigenvalue weighted by Gasteiger charge is 2.42. The van der Waals surface area contributed by atoms with Crippen molar-refractivity contribution >= 4 is 5.97 Å². The van der Waals surface area contributed by atoms with Gasteiger partial charge in [0.2, 0.25) is 0 Å². The van der Waals surface area contributed by atoms with Crippen LogP contribution in [-0.2, 0) is 22.4 Å². The lowest BCUT2D eigenvalue weighted by molar-refractivity contribution is -0.153. The Morgan fingerprint density at radius 1 is 1.47 bits per heavy atom. The second kappa shape index (κ2) is 5.47. The van der Waals surface area contributed by atoms with Crippen molar-refractivity contribution in [3.8, 4) is 5.75 Å². The molecule has 3 heteroatoms. The molecule has 1 aromatic carbocycles. The summed E-state index contributed by atoms with van der Waals surface area (Å²) < 4.78 is 10.8. The lowest BCUT2D eigenvalue weighted by Crippen LogP contribution is -2.30. The average molecular weight is 260 g/mol. The van der Waals surface area contributed by atoms with Crippen LogP contribution in [-0.4, -0.2) is 19.2 Å². The van der Waals surface area contributed by atoms with Crippen LogP contribution >= 0.6 is 0 Å². The third kappa shape index (κ3) is 2.65. The second-order valence-corrected chi connectivity index (χ2v) is 5.13. The van der Waals surface area contributed by atoms with Crippen LogP contribution < -0.4 is 4.74 Å². The molecule has 0 fully saturated rings. The van der Waals surface area contributed by atoms with Gasteiger partial charge in [-0.3, -0.25) is 4.79 Å². The van der Waals surface area contributed by atoms with E-state index in [2.05, 4.69) is 12.6 Å². The number of benzene rings is 1. The molecule has 1 atom stereocenters. The Kier molecular flexibility index (Phi) is 3.93. The van der Waals surface area contributed by atoms with E-state index < -0.39 is 5.41 Å². The maximum atomic E-state index is 12.1. The fourth-order valence-electron chi connectivity index (χ4n) is 2.58. The molecule has 3 nitrogen and oxygen atoms in total. The van der Waals surface area contributed by atoms with Crippen LogP contribution in [0.5, 0.6) is 5.75 Å². The van der Waals surface area contributed by atoms with Gasteiger partial charge in [-0.1, -0.05) is 24.8 Å². The van der Waals surface area contributed by atoms with E-state index in [1.54, 1.807) is 6.08 Å². The monoisotopic (exact) mass is 260 g/mol. The van der Waals surface area contributed by atoms with Crippen molar-refractivity contribution in [1.82, 2.24) is 0 Å². The number of hydrogen-bond acceptors (Lipinski definition) is 3. The lowest BCUT2D eigenvalue weighted by Gasteiger charge is -2.20. The van der Waals surface area contributed by atoms with Gasteiger partial charge < -0.3 is 9.47 Å². The molecule has 0 saturated carbocycles. The molecule has 0 bridgehead atoms. The Hall–Kier alpha value is -1.77. The van der Waals surface area contributed by atoms with E-state index in [0.717, 1.165) is 11.3 Å². The summed E-state index contributed by atoms with van der Waals surface area (Å²) in [6, 6.07) is 5.97. The minimum Gasteiger partial charge on any atom is -0.489 e. The van der Waals surface area contributed by atoms with Gasteiger partial charge in [0.25, 0.3) is 0 Å². The van der Waals surface area contributed by atoms with E-state index in [9.17, 15) is 4.79 Å². The predicted octanol–water partition coefficient (Wildman–Crippen LogP) is 2.92. The van der Waals surface area contributed by atoms with Gasteiger partial charge in [-0.05, 0) is 43.9 Å². The van der Waals surface area contributed by atoms with E-state index in [-0.39, 0.29) is 5.97 Å². The third-order valence-electron chi connectivity index (χ3n) is 3.50. The molecule has 0 N–H and O–H groups in total. The Morgan fingerprint density at radius 3 is 2.95 bits per heavy atom. The molecule has 1 aliphatic rings. The summed E-state index contributed by atoms with van der Waals surface area (Å²) in [6.45, 7) is 8.35. The summed E-state index contributed by atoms with van der Waals surface area (Å²) in [5, 5.41) is 0. The van der Waals surface area contributed by atoms with Crippen LogP contribution in [0.2, 0.25) is 0 Å². The van der Waals surface area contributed by atoms with Crippen LogP contribution in [0.4, 0.5) is 0 Å². The van der Waals surface area contributed by atoms with E-state index in [0.29, 0.717) is 26.1 Å². The van der Waals surface area contributed by atoms with Crippen molar-refractivity contribution in [2.45, 2.75) is 26.7 Å². The minimum absolute atomic E-state index is 0.124. The largest absolute Gasteiger partial charge is 0.489 e. The first-order valence-electron chi connectivity index (χ1n) is 6.62. The molecule has 1 aliphatic carbocycles. The number of fused-ring (bicyclic) bond motifs is 1. The molecule has 0 aromatic heterocycles. The van der Waals surface area contributed by atoms with Gasteiger partial charge in [0.15, 0.2) is 0 Å². The summed E-state index contributed by atoms with van der Waals surface area (Å²) in [7, 11) is 0. The summed E-state index contributed by atoms with van der Waals surface area (Å²) >= 11 is 0. The molecule has 102 valence electrons. The molecule has 0 radical (unpaired) electrons. The van der Waals surface area contributed by atoms with E-state index in [1.165, 1.54) is 5.56 Å². The number of rotatable bonds is 5. The SMILES string of the molecule is C=CCOc1cccc2c1CC(C)(C(=O)OCC)C2. The van der Waals surface area contributed by atoms with Gasteiger partial charge in [-0.2, -0.15) is 0 Å². The highest BCUT2D eigenvalue weighted by Crippen LogP contribution is 2.41. The quantitative estimate of drug-likeness (QED) is 0.603. The number of ether oxygens (including phenoxy) is 2. The van der Waals surface area contributed by atoms with E-state index >= 15 is 0 Å². The average Bonchev–Trinajstić information content (AvgIpc) is 2.75. The van der Waals surface area contributed by atoms with Crippen molar-refractivity contribution in [2.75, 3.05) is 13.2 Å². The molecule has 19 heavy (non-hydrogen) atoms. The topological polar surface area (TPSA) is 35.5 Å². The van der Waals surface area contributed by atoms with Crippen LogP contribution in [0.3, 0.4) is 0 Å². The Labute approximate surface area is 114 Å². The summed E-state index contributed by atoms with van der Waals surface area (Å²) in [6.07, 6.45) is 3.11. The van der Waals surface area contributed by atoms with Crippen molar-refractivity contribution in [3.63, 3.8) is 0 Å². The zero-order chi connectivity index (χ0) is 13.9. The molecule has 1 unspecified atom stereocenters. The van der Waals surface area contributed by atoms with Crippen molar-refractivity contribution in [2.24, 2.45) is 5.41 Å². The first-order chi connectivity index (χ1) is 9.10. The van der Waals surface area contributed by atoms with Gasteiger partial charge >= 0.3 is 5.97 Å². The van der Waals surface area contributed by atoms with Crippen LogP contribution in [0.1, 0.15) is 25.0 Å². The van der Waals surface area contributed by atoms with E-state index in [1.807, 2.05) is 26.0 Å². The second-order valence-electron chi connectivity index (χ2n) is 5.13. The Balaban J connectivity index is 2.23. The smallest absolute Gasteiger partial charge is 0.312 e. The predicted molar refractivity (Wildman–Crippen MR) is 74.3 cm³/mol. The van der Waals surface area contributed by atoms with E-state index in [4.69, 9.17) is 9.47 Å². The fourth-order valence-corrected chi connectivity index (χ4v) is 2.58. The van der Waals surface area contributed by atoms with Crippen LogP contribution in [0, 0.1) is 5.41 Å². The van der Waals surface area contributed by atoms with Gasteiger partial charge in [-0.15, -0.1) is 0 Å². The van der Waals surface area contributed by atoms with Crippen LogP contribution in [0.25, 0.3) is 0 Å². The normalized spacial score (nSPS) is 20.7. The Morgan fingerprint density at radius 2 is 2.26 bits per heavy atom. The van der Waals surface area contributed by atoms with Crippen molar-refractivity contribution in [3.05, 3.63) is 42.0 Å². The molecular weight excluding hydrogens is 240 g/mol. The summed E-state index contributed by atoms with van der Waals surface area (Å²) in [5.41, 5.74) is 1.84. The maximum Gasteiger partial charge on any atom is 0.312 e. The molecule has 2 rings (SSSR count). The molecule has 0 amide bonds. The number of esters is 1. The van der Waals surface area contributed by atoms with Crippen molar-refractivity contribution < 1.29 is 14.3 Å². The molecule has 0 saturated heterocycles. The van der Waals surface area contributed by atoms with Gasteiger partial charge in [-0.25, -0.2) is 0 Å². The molecule has 0 spiro atoms. The standard InChI is InChI=1S/C16H20O3/c1-4-9-19-14-8-6-7-12-10-16(3,11-13(12)14)15(17)18-5-2/h4,6-8H,1,5,9-11H2,2-3H3. The number of carbonyl (C=O) groups excluding carboxylic acids is 1. The number of carbonyl (C=O) groups is 1. The third-order valence-corrected chi connectivity index (χ3v) is 3.50. The fraction of sp³-hybridized carbons (Fsp3) is 0.438. The lowest BCUT2D eigenvalue weighted by atomic mass is 9.87. The first-order valence-corrected chi connectivity index (χ1v) is 6.62. The Bertz CT molecular complexity index is 493. The molecule has 0 aliphatic heterocycles. The molecule has 1 aromatic rings. The van der Waals surface area contributed by atoms with Gasteiger partial charge in [0.1, 0.15) is 12.4 Å². The maximum absolute atomic E-state index is 12.1. The summed E-state index contributed by atoms with van der Waals surface area (Å²) in [4.78, 5) is 12.1. The van der Waals surface area contributed by atoms with Gasteiger partial charge in [0.05, 0.1) is 12.0 Å². The van der Waals surface area contributed by atoms with Gasteiger partial charge in [0, 0.05) is 0 Å². The highest BCUT2D eigenvalue weighted by molar-refractivity contribution is 5.79. The zero-order valence-electron chi connectivity index (χ0n) is 11.6. The zero-order valence-corrected chi connectivity index (χ0v) is 11.6. The number of hydrogen-bond donors (Lipinski definition) is 0. The minimum atomic E-state index is -0.466. The summed E-state index contributed by atoms with van der Waals surface area (Å²) in [5.74, 6) is 0.728. The van der Waals surface area contributed by atoms with Crippen LogP contribution in [0.15, 0.2) is 30.9 Å². The van der Waals surface area contributed by atoms with Crippen molar-refractivity contribution in [1.29, 1.82) is 0 Å². The first kappa shape index (κ1) is 13.7. The molecule has 0 heterocycles. The highest BCUT2D eigenvalue weighted by atomic mass is 16.5.